The third-order valence-corrected chi connectivity index (χ3v) is 16.8. The molecule has 0 aliphatic heterocycles. The molecular weight excluding hydrogens is 582 g/mol. The Bertz CT molecular complexity index is 377. The summed E-state index contributed by atoms with van der Waals surface area (Å²) in [6.07, 6.45) is 38.9. The standard InChI is InChI=1S/C30H62P2.2BrH/c1-7-13-23-31(24-14-8-2,25-15-9-3)29-21-19-20-22-30-32(26-16-10-4,27-17-11-5)28-18-12-6;;/h19-22H,7-18,23-30H2,1-6H3;2*1H/q+2;;/p-2. The predicted octanol–water partition coefficient (Wildman–Crippen LogP) is 4.94. The average Bonchev–Trinajstić information content (AvgIpc) is 2.82. The Morgan fingerprint density at radius 3 is 0.765 bits per heavy atom. The number of hydrogen-bond acceptors (Lipinski definition) is 0. The van der Waals surface area contributed by atoms with Gasteiger partial charge in [-0.2, -0.15) is 0 Å². The van der Waals surface area contributed by atoms with Crippen LogP contribution in [0.5, 0.6) is 0 Å². The van der Waals surface area contributed by atoms with E-state index in [1.165, 1.54) is 126 Å². The number of halogens is 2. The van der Waals surface area contributed by atoms with Crippen LogP contribution in [0, 0.1) is 0 Å². The average molecular weight is 645 g/mol. The molecule has 0 aliphatic carbocycles. The molecule has 0 aromatic rings. The quantitative estimate of drug-likeness (QED) is 0.109. The molecule has 0 N–H and O–H groups in total. The maximum absolute atomic E-state index is 2.58. The molecule has 206 valence electrons. The zero-order valence-corrected chi connectivity index (χ0v) is 29.1. The summed E-state index contributed by atoms with van der Waals surface area (Å²) in [6, 6.07) is 0. The van der Waals surface area contributed by atoms with E-state index in [4.69, 9.17) is 0 Å². The summed E-state index contributed by atoms with van der Waals surface area (Å²) in [6.45, 7) is 14.2. The molecule has 34 heavy (non-hydrogen) atoms. The van der Waals surface area contributed by atoms with Crippen molar-refractivity contribution >= 4 is 14.5 Å². The summed E-state index contributed by atoms with van der Waals surface area (Å²) in [4.78, 5) is 0. The van der Waals surface area contributed by atoms with Crippen molar-refractivity contribution in [1.29, 1.82) is 0 Å². The lowest BCUT2D eigenvalue weighted by atomic mass is 10.4. The zero-order valence-electron chi connectivity index (χ0n) is 24.1. The van der Waals surface area contributed by atoms with Gasteiger partial charge < -0.3 is 34.0 Å². The van der Waals surface area contributed by atoms with Crippen LogP contribution in [-0.2, 0) is 0 Å². The number of allylic oxidation sites excluding steroid dienone is 4. The SMILES string of the molecule is CCCC[P+](CC=CC=CC[P+](CCCC)(CCCC)CCCC)(CCCC)CCCC.[Br-].[Br-]. The van der Waals surface area contributed by atoms with Crippen molar-refractivity contribution in [2.24, 2.45) is 0 Å². The predicted molar refractivity (Wildman–Crippen MR) is 161 cm³/mol. The molecule has 0 unspecified atom stereocenters. The van der Waals surface area contributed by atoms with Crippen molar-refractivity contribution in [3.05, 3.63) is 24.3 Å². The van der Waals surface area contributed by atoms with E-state index in [1.807, 2.05) is 0 Å². The molecule has 0 aromatic heterocycles. The summed E-state index contributed by atoms with van der Waals surface area (Å²) >= 11 is 0. The van der Waals surface area contributed by atoms with Gasteiger partial charge in [0.1, 0.15) is 0 Å². The monoisotopic (exact) mass is 642 g/mol. The van der Waals surface area contributed by atoms with Crippen molar-refractivity contribution in [3.63, 3.8) is 0 Å². The van der Waals surface area contributed by atoms with E-state index in [1.54, 1.807) is 0 Å². The molecule has 0 nitrogen and oxygen atoms in total. The van der Waals surface area contributed by atoms with Crippen LogP contribution in [0.2, 0.25) is 0 Å². The highest BCUT2D eigenvalue weighted by molar-refractivity contribution is 7.76. The number of hydrogen-bond donors (Lipinski definition) is 0. The summed E-state index contributed by atoms with van der Waals surface area (Å²) in [5, 5.41) is 0. The minimum Gasteiger partial charge on any atom is -1.00 e. The maximum atomic E-state index is 2.58. The van der Waals surface area contributed by atoms with E-state index in [9.17, 15) is 0 Å². The molecule has 0 rings (SSSR count). The van der Waals surface area contributed by atoms with Crippen LogP contribution in [0.3, 0.4) is 0 Å². The lowest BCUT2D eigenvalue weighted by Gasteiger charge is -2.27. The second-order valence-electron chi connectivity index (χ2n) is 10.4. The van der Waals surface area contributed by atoms with Crippen molar-refractivity contribution in [3.8, 4) is 0 Å². The van der Waals surface area contributed by atoms with Crippen molar-refractivity contribution in [1.82, 2.24) is 0 Å². The molecule has 0 atom stereocenters. The molecule has 4 heteroatoms. The van der Waals surface area contributed by atoms with Gasteiger partial charge in [0.05, 0.1) is 49.3 Å². The van der Waals surface area contributed by atoms with E-state index >= 15 is 0 Å². The highest BCUT2D eigenvalue weighted by atomic mass is 79.9. The molecule has 0 saturated heterocycles. The van der Waals surface area contributed by atoms with Gasteiger partial charge in [-0.25, -0.2) is 0 Å². The molecule has 0 amide bonds. The second kappa shape index (κ2) is 27.3. The highest BCUT2D eigenvalue weighted by Gasteiger charge is 2.35. The minimum absolute atomic E-state index is 0. The fourth-order valence-corrected chi connectivity index (χ4v) is 14.4. The van der Waals surface area contributed by atoms with E-state index < -0.39 is 14.5 Å². The highest BCUT2D eigenvalue weighted by Crippen LogP contribution is 2.61. The van der Waals surface area contributed by atoms with Crippen LogP contribution in [-0.4, -0.2) is 49.3 Å². The van der Waals surface area contributed by atoms with Gasteiger partial charge in [-0.1, -0.05) is 92.2 Å². The van der Waals surface area contributed by atoms with Crippen LogP contribution in [0.4, 0.5) is 0 Å². The van der Waals surface area contributed by atoms with Gasteiger partial charge in [0.2, 0.25) is 0 Å². The van der Waals surface area contributed by atoms with Gasteiger partial charge in [0, 0.05) is 14.5 Å². The van der Waals surface area contributed by atoms with Gasteiger partial charge in [-0.3, -0.25) is 0 Å². The minimum atomic E-state index is -0.785. The Morgan fingerprint density at radius 2 is 0.588 bits per heavy atom. The molecule has 0 radical (unpaired) electrons. The van der Waals surface area contributed by atoms with Crippen molar-refractivity contribution in [2.75, 3.05) is 49.3 Å². The molecular formula is C30H62Br2P2. The van der Waals surface area contributed by atoms with Crippen LogP contribution in [0.15, 0.2) is 24.3 Å². The zero-order chi connectivity index (χ0) is 24.0. The second-order valence-corrected chi connectivity index (χ2v) is 19.1. The Balaban J connectivity index is -0.00000480. The van der Waals surface area contributed by atoms with Crippen LogP contribution in [0.25, 0.3) is 0 Å². The summed E-state index contributed by atoms with van der Waals surface area (Å²) in [5.74, 6) is 0. The van der Waals surface area contributed by atoms with Crippen LogP contribution < -0.4 is 34.0 Å². The summed E-state index contributed by atoms with van der Waals surface area (Å²) < 4.78 is 0. The van der Waals surface area contributed by atoms with E-state index in [0.717, 1.165) is 0 Å². The van der Waals surface area contributed by atoms with E-state index in [-0.39, 0.29) is 34.0 Å². The third-order valence-electron chi connectivity index (χ3n) is 7.28. The first-order valence-electron chi connectivity index (χ1n) is 14.6. The smallest absolute Gasteiger partial charge is 0.0776 e. The molecule has 0 aliphatic rings. The molecule has 0 bridgehead atoms. The molecule has 0 heterocycles. The lowest BCUT2D eigenvalue weighted by molar-refractivity contribution is -0.001000. The van der Waals surface area contributed by atoms with Crippen LogP contribution >= 0.6 is 14.5 Å². The van der Waals surface area contributed by atoms with Crippen molar-refractivity contribution < 1.29 is 34.0 Å². The largest absolute Gasteiger partial charge is 1.00 e. The number of rotatable bonds is 23. The Labute approximate surface area is 239 Å². The Hall–Kier alpha value is 1.30. The van der Waals surface area contributed by atoms with Crippen molar-refractivity contribution in [2.45, 2.75) is 119 Å². The first kappa shape index (κ1) is 39.8. The lowest BCUT2D eigenvalue weighted by Crippen LogP contribution is -3.00. The normalized spacial score (nSPS) is 12.3. The molecule has 0 aromatic carbocycles. The fraction of sp³-hybridized carbons (Fsp3) is 0.867. The van der Waals surface area contributed by atoms with Gasteiger partial charge in [0.25, 0.3) is 0 Å². The van der Waals surface area contributed by atoms with Gasteiger partial charge >= 0.3 is 0 Å². The molecule has 0 spiro atoms. The van der Waals surface area contributed by atoms with Gasteiger partial charge in [-0.15, -0.1) is 0 Å². The van der Waals surface area contributed by atoms with Crippen LogP contribution in [0.1, 0.15) is 119 Å². The fourth-order valence-electron chi connectivity index (χ4n) is 4.91. The Morgan fingerprint density at radius 1 is 0.382 bits per heavy atom. The topological polar surface area (TPSA) is 0 Å². The first-order valence-corrected chi connectivity index (χ1v) is 19.6. The maximum Gasteiger partial charge on any atom is 0.0776 e. The van der Waals surface area contributed by atoms with E-state index in [2.05, 4.69) is 65.8 Å². The summed E-state index contributed by atoms with van der Waals surface area (Å²) in [5.41, 5.74) is 0. The molecule has 0 fully saturated rings. The number of unbranched alkanes of at least 4 members (excludes halogenated alkanes) is 6. The van der Waals surface area contributed by atoms with E-state index in [0.29, 0.717) is 0 Å². The van der Waals surface area contributed by atoms with Gasteiger partial charge in [0.15, 0.2) is 0 Å². The third kappa shape index (κ3) is 19.4. The molecule has 0 saturated carbocycles. The Kier molecular flexibility index (Phi) is 32.0. The first-order chi connectivity index (χ1) is 15.6. The summed E-state index contributed by atoms with van der Waals surface area (Å²) in [7, 11) is -1.57. The van der Waals surface area contributed by atoms with Gasteiger partial charge in [-0.05, 0) is 50.7 Å².